The number of anilines is 2. The maximum absolute atomic E-state index is 11.3. The Kier molecular flexibility index (Phi) is 1.84. The summed E-state index contributed by atoms with van der Waals surface area (Å²) in [5.41, 5.74) is 2.68. The maximum atomic E-state index is 11.3. The van der Waals surface area contributed by atoms with Crippen molar-refractivity contribution in [3.8, 4) is 0 Å². The second kappa shape index (κ2) is 2.90. The number of hydrogen-bond acceptors (Lipinski definition) is 2. The van der Waals surface area contributed by atoms with Crippen LogP contribution in [-0.2, 0) is 0 Å². The lowest BCUT2D eigenvalue weighted by Crippen LogP contribution is -2.22. The lowest BCUT2D eigenvalue weighted by atomic mass is 10.2. The van der Waals surface area contributed by atoms with E-state index in [1.165, 1.54) is 0 Å². The smallest absolute Gasteiger partial charge is 0.348 e. The van der Waals surface area contributed by atoms with Gasteiger partial charge in [-0.2, -0.15) is 5.32 Å². The number of urea groups is 1. The molecule has 2 amide bonds. The largest absolute Gasteiger partial charge is 0.378 e. The minimum Gasteiger partial charge on any atom is -0.378 e. The van der Waals surface area contributed by atoms with E-state index in [1.807, 2.05) is 37.2 Å². The van der Waals surface area contributed by atoms with Gasteiger partial charge in [0.1, 0.15) is 0 Å². The zero-order valence-electron chi connectivity index (χ0n) is 8.48. The molecule has 2 rings (SSSR count). The predicted octanol–water partition coefficient (Wildman–Crippen LogP) is 1.56. The molecule has 0 aliphatic carbocycles. The first-order chi connectivity index (χ1) is 6.59. The van der Waals surface area contributed by atoms with Crippen LogP contribution in [0.15, 0.2) is 18.2 Å². The van der Waals surface area contributed by atoms with Crippen molar-refractivity contribution in [2.45, 2.75) is 0 Å². The Hall–Kier alpha value is -1.71. The van der Waals surface area contributed by atoms with E-state index in [0.29, 0.717) is 0 Å². The summed E-state index contributed by atoms with van der Waals surface area (Å²) in [6.07, 6.45) is 0. The van der Waals surface area contributed by atoms with E-state index in [9.17, 15) is 4.79 Å². The third-order valence-corrected chi connectivity index (χ3v) is 2.34. The van der Waals surface area contributed by atoms with E-state index in [4.69, 9.17) is 0 Å². The Bertz CT molecular complexity index is 387. The molecule has 0 bridgehead atoms. The van der Waals surface area contributed by atoms with Gasteiger partial charge in [-0.25, -0.2) is 4.79 Å². The third kappa shape index (κ3) is 1.19. The summed E-state index contributed by atoms with van der Waals surface area (Å²) in [5, 5.41) is 3.94. The SMILES string of the molecule is CN(C)c1ccc2c(c1)[N]C(=O)N2C. The Balaban J connectivity index is 2.44. The van der Waals surface area contributed by atoms with Crippen molar-refractivity contribution in [1.82, 2.24) is 5.32 Å². The van der Waals surface area contributed by atoms with E-state index < -0.39 is 0 Å². The monoisotopic (exact) mass is 190 g/mol. The lowest BCUT2D eigenvalue weighted by Gasteiger charge is -2.13. The second-order valence-corrected chi connectivity index (χ2v) is 3.52. The van der Waals surface area contributed by atoms with Gasteiger partial charge in [0.05, 0.1) is 11.4 Å². The zero-order chi connectivity index (χ0) is 10.3. The molecular formula is C10H12N3O. The number of benzene rings is 1. The molecule has 1 aromatic rings. The molecule has 73 valence electrons. The molecule has 1 heterocycles. The fraction of sp³-hybridized carbons (Fsp3) is 0.300. The highest BCUT2D eigenvalue weighted by atomic mass is 16.2. The highest BCUT2D eigenvalue weighted by Crippen LogP contribution is 2.34. The minimum atomic E-state index is -0.198. The number of carbonyl (C=O) groups excluding carboxylic acids is 1. The van der Waals surface area contributed by atoms with Crippen LogP contribution in [0.5, 0.6) is 0 Å². The molecule has 4 heteroatoms. The highest BCUT2D eigenvalue weighted by molar-refractivity contribution is 6.04. The summed E-state index contributed by atoms with van der Waals surface area (Å²) in [6.45, 7) is 0. The van der Waals surface area contributed by atoms with Crippen LogP contribution in [0, 0.1) is 0 Å². The Morgan fingerprint density at radius 2 is 2.07 bits per heavy atom. The highest BCUT2D eigenvalue weighted by Gasteiger charge is 2.25. The topological polar surface area (TPSA) is 37.7 Å². The third-order valence-electron chi connectivity index (χ3n) is 2.34. The minimum absolute atomic E-state index is 0.198. The first-order valence-corrected chi connectivity index (χ1v) is 4.40. The molecule has 0 unspecified atom stereocenters. The van der Waals surface area contributed by atoms with Gasteiger partial charge in [0.25, 0.3) is 0 Å². The molecule has 0 N–H and O–H groups in total. The Labute approximate surface area is 83.1 Å². The van der Waals surface area contributed by atoms with E-state index in [0.717, 1.165) is 17.1 Å². The van der Waals surface area contributed by atoms with Crippen LogP contribution in [0.1, 0.15) is 0 Å². The van der Waals surface area contributed by atoms with Gasteiger partial charge in [-0.3, -0.25) is 4.90 Å². The van der Waals surface area contributed by atoms with Gasteiger partial charge in [-0.1, -0.05) is 0 Å². The van der Waals surface area contributed by atoms with Gasteiger partial charge in [0, 0.05) is 26.8 Å². The molecule has 1 radical (unpaired) electrons. The lowest BCUT2D eigenvalue weighted by molar-refractivity contribution is 0.252. The molecule has 1 aliphatic heterocycles. The number of hydrogen-bond donors (Lipinski definition) is 0. The normalized spacial score (nSPS) is 13.9. The van der Waals surface area contributed by atoms with Gasteiger partial charge >= 0.3 is 6.03 Å². The van der Waals surface area contributed by atoms with Gasteiger partial charge < -0.3 is 4.90 Å². The van der Waals surface area contributed by atoms with Gasteiger partial charge in [-0.15, -0.1) is 0 Å². The summed E-state index contributed by atoms with van der Waals surface area (Å²) in [6, 6.07) is 5.61. The van der Waals surface area contributed by atoms with Crippen molar-refractivity contribution >= 4 is 23.1 Å². The molecule has 0 aromatic heterocycles. The Morgan fingerprint density at radius 1 is 1.36 bits per heavy atom. The van der Waals surface area contributed by atoms with Gasteiger partial charge in [0.15, 0.2) is 0 Å². The molecular weight excluding hydrogens is 178 g/mol. The molecule has 0 atom stereocenters. The molecule has 0 spiro atoms. The van der Waals surface area contributed by atoms with E-state index in [2.05, 4.69) is 5.32 Å². The summed E-state index contributed by atoms with van der Waals surface area (Å²) < 4.78 is 0. The standard InChI is InChI=1S/C10H12N3O/c1-12(2)7-4-5-9-8(6-7)11-10(14)13(9)3/h4-6H,1-3H3. The quantitative estimate of drug-likeness (QED) is 0.674. The molecule has 0 fully saturated rings. The molecule has 1 aliphatic rings. The summed E-state index contributed by atoms with van der Waals surface area (Å²) in [4.78, 5) is 14.8. The summed E-state index contributed by atoms with van der Waals surface area (Å²) >= 11 is 0. The van der Waals surface area contributed by atoms with Crippen molar-refractivity contribution in [1.29, 1.82) is 0 Å². The molecule has 14 heavy (non-hydrogen) atoms. The van der Waals surface area contributed by atoms with Crippen LogP contribution in [0.3, 0.4) is 0 Å². The zero-order valence-corrected chi connectivity index (χ0v) is 8.48. The molecule has 1 aromatic carbocycles. The van der Waals surface area contributed by atoms with Crippen molar-refractivity contribution in [2.75, 3.05) is 30.9 Å². The number of fused-ring (bicyclic) bond motifs is 1. The van der Waals surface area contributed by atoms with Gasteiger partial charge in [-0.05, 0) is 18.2 Å². The fourth-order valence-corrected chi connectivity index (χ4v) is 1.44. The van der Waals surface area contributed by atoms with Crippen LogP contribution in [0.2, 0.25) is 0 Å². The molecule has 0 saturated heterocycles. The number of nitrogens with zero attached hydrogens (tertiary/aromatic N) is 3. The summed E-state index contributed by atoms with van der Waals surface area (Å²) in [5.74, 6) is 0. The van der Waals surface area contributed by atoms with E-state index >= 15 is 0 Å². The van der Waals surface area contributed by atoms with Gasteiger partial charge in [0.2, 0.25) is 0 Å². The van der Waals surface area contributed by atoms with Crippen molar-refractivity contribution in [2.24, 2.45) is 0 Å². The average molecular weight is 190 g/mol. The summed E-state index contributed by atoms with van der Waals surface area (Å²) in [7, 11) is 5.65. The molecule has 4 nitrogen and oxygen atoms in total. The fourth-order valence-electron chi connectivity index (χ4n) is 1.44. The van der Waals surface area contributed by atoms with Crippen molar-refractivity contribution in [3.05, 3.63) is 18.2 Å². The van der Waals surface area contributed by atoms with Crippen molar-refractivity contribution < 1.29 is 4.79 Å². The first kappa shape index (κ1) is 8.87. The molecule has 0 saturated carbocycles. The number of carbonyl (C=O) groups is 1. The maximum Gasteiger partial charge on any atom is 0.348 e. The van der Waals surface area contributed by atoms with E-state index in [1.54, 1.807) is 11.9 Å². The van der Waals surface area contributed by atoms with Crippen LogP contribution >= 0.6 is 0 Å². The van der Waals surface area contributed by atoms with Crippen LogP contribution in [-0.4, -0.2) is 27.2 Å². The first-order valence-electron chi connectivity index (χ1n) is 4.40. The van der Waals surface area contributed by atoms with Crippen LogP contribution in [0.25, 0.3) is 0 Å². The number of amides is 2. The van der Waals surface area contributed by atoms with Crippen molar-refractivity contribution in [3.63, 3.8) is 0 Å². The van der Waals surface area contributed by atoms with E-state index in [-0.39, 0.29) is 6.03 Å². The Morgan fingerprint density at radius 3 is 2.71 bits per heavy atom. The van der Waals surface area contributed by atoms with Crippen LogP contribution in [0.4, 0.5) is 21.9 Å². The predicted molar refractivity (Wildman–Crippen MR) is 56.4 cm³/mol. The second-order valence-electron chi connectivity index (χ2n) is 3.52. The average Bonchev–Trinajstić information content (AvgIpc) is 2.42. The number of rotatable bonds is 1. The van der Waals surface area contributed by atoms with Crippen LogP contribution < -0.4 is 15.1 Å².